The van der Waals surface area contributed by atoms with Gasteiger partial charge in [-0.1, -0.05) is 43.7 Å². The van der Waals surface area contributed by atoms with Crippen LogP contribution in [0.5, 0.6) is 17.4 Å². The zero-order valence-corrected chi connectivity index (χ0v) is 30.5. The van der Waals surface area contributed by atoms with E-state index in [1.165, 1.54) is 0 Å². The van der Waals surface area contributed by atoms with E-state index in [0.29, 0.717) is 37.9 Å². The van der Waals surface area contributed by atoms with Crippen molar-refractivity contribution in [2.24, 2.45) is 5.41 Å². The molecule has 1 unspecified atom stereocenters. The Hall–Kier alpha value is -4.27. The van der Waals surface area contributed by atoms with Gasteiger partial charge in [-0.2, -0.15) is 0 Å². The van der Waals surface area contributed by atoms with Gasteiger partial charge in [0, 0.05) is 46.8 Å². The van der Waals surface area contributed by atoms with E-state index < -0.39 is 5.79 Å². The Morgan fingerprint density at radius 2 is 1.66 bits per heavy atom. The van der Waals surface area contributed by atoms with Gasteiger partial charge in [0.15, 0.2) is 11.5 Å². The number of ether oxygens (including phenoxy) is 4. The zero-order valence-electron chi connectivity index (χ0n) is 30.5. The number of nitrogens with one attached hydrogen (secondary N) is 1. The molecule has 9 heteroatoms. The van der Waals surface area contributed by atoms with Crippen molar-refractivity contribution in [3.05, 3.63) is 81.0 Å². The van der Waals surface area contributed by atoms with Crippen molar-refractivity contribution in [3.8, 4) is 17.4 Å². The second kappa shape index (κ2) is 13.1. The summed E-state index contributed by atoms with van der Waals surface area (Å²) in [6.07, 6.45) is 7.53. The number of alkyl carbamates (subject to hydrolysis) is 1. The summed E-state index contributed by atoms with van der Waals surface area (Å²) in [5.41, 5.74) is 7.11. The lowest BCUT2D eigenvalue weighted by atomic mass is 9.54. The van der Waals surface area contributed by atoms with Crippen LogP contribution in [0.2, 0.25) is 0 Å². The number of pyridine rings is 1. The van der Waals surface area contributed by atoms with Crippen molar-refractivity contribution in [1.82, 2.24) is 15.2 Å². The Labute approximate surface area is 296 Å². The average molecular weight is 682 g/mol. The lowest BCUT2D eigenvalue weighted by Gasteiger charge is -2.57. The second-order valence-electron chi connectivity index (χ2n) is 15.2. The predicted molar refractivity (Wildman–Crippen MR) is 191 cm³/mol. The number of aryl methyl sites for hydroxylation is 2. The molecule has 2 amide bonds. The molecule has 0 radical (unpaired) electrons. The SMILES string of the molecule is CCCCOC(=O)NC12CCC(C3(C)Oc4c(C)c5c(c(C)c4O3)C(=O)N(Cc3c(C)cc(C)nc3OCc3ccccc3)CC5)(CC1)CC2. The van der Waals surface area contributed by atoms with Crippen molar-refractivity contribution in [1.29, 1.82) is 0 Å². The number of aromatic nitrogens is 1. The topological polar surface area (TPSA) is 99.2 Å². The maximum atomic E-state index is 14.4. The number of fused-ring (bicyclic) bond motifs is 5. The summed E-state index contributed by atoms with van der Waals surface area (Å²) >= 11 is 0. The quantitative estimate of drug-likeness (QED) is 0.216. The summed E-state index contributed by atoms with van der Waals surface area (Å²) in [6.45, 7) is 14.1. The summed E-state index contributed by atoms with van der Waals surface area (Å²) in [5.74, 6) is 1.17. The number of hydrogen-bond acceptors (Lipinski definition) is 7. The fraction of sp³-hybridized carbons (Fsp3) is 0.537. The Kier molecular flexibility index (Phi) is 8.97. The Morgan fingerprint density at radius 3 is 2.34 bits per heavy atom. The highest BCUT2D eigenvalue weighted by Gasteiger charge is 2.62. The van der Waals surface area contributed by atoms with E-state index in [9.17, 15) is 9.59 Å². The zero-order chi connectivity index (χ0) is 35.3. The molecule has 3 heterocycles. The van der Waals surface area contributed by atoms with Crippen molar-refractivity contribution < 1.29 is 28.5 Å². The van der Waals surface area contributed by atoms with Crippen molar-refractivity contribution >= 4 is 12.0 Å². The van der Waals surface area contributed by atoms with Gasteiger partial charge in [-0.25, -0.2) is 9.78 Å². The molecule has 2 aliphatic heterocycles. The highest BCUT2D eigenvalue weighted by atomic mass is 16.7. The van der Waals surface area contributed by atoms with Gasteiger partial charge in [-0.15, -0.1) is 0 Å². The number of amides is 2. The molecule has 0 saturated heterocycles. The van der Waals surface area contributed by atoms with Crippen LogP contribution in [0.4, 0.5) is 4.79 Å². The molecule has 2 aromatic carbocycles. The first kappa shape index (κ1) is 34.2. The number of carbonyl (C=O) groups is 2. The maximum Gasteiger partial charge on any atom is 0.407 e. The van der Waals surface area contributed by atoms with E-state index in [4.69, 9.17) is 23.9 Å². The Morgan fingerprint density at radius 1 is 0.980 bits per heavy atom. The number of benzene rings is 2. The minimum atomic E-state index is -0.860. The second-order valence-corrected chi connectivity index (χ2v) is 15.2. The van der Waals surface area contributed by atoms with Crippen LogP contribution in [0.1, 0.15) is 115 Å². The highest BCUT2D eigenvalue weighted by molar-refractivity contribution is 6.00. The molecule has 2 bridgehead atoms. The van der Waals surface area contributed by atoms with Crippen LogP contribution in [0.25, 0.3) is 0 Å². The molecule has 3 aliphatic carbocycles. The molecule has 1 N–H and O–H groups in total. The third-order valence-electron chi connectivity index (χ3n) is 12.1. The predicted octanol–water partition coefficient (Wildman–Crippen LogP) is 8.20. The molecule has 9 nitrogen and oxygen atoms in total. The minimum absolute atomic E-state index is 0.00369. The van der Waals surface area contributed by atoms with Crippen molar-refractivity contribution in [3.63, 3.8) is 0 Å². The summed E-state index contributed by atoms with van der Waals surface area (Å²) in [5, 5.41) is 3.23. The van der Waals surface area contributed by atoms with Crippen molar-refractivity contribution in [2.45, 2.75) is 124 Å². The number of nitrogens with zero attached hydrogens (tertiary/aromatic N) is 2. The van der Waals surface area contributed by atoms with Crippen LogP contribution in [-0.2, 0) is 24.3 Å². The van der Waals surface area contributed by atoms with Crippen LogP contribution in [0, 0.1) is 33.1 Å². The molecule has 1 aromatic heterocycles. The standard InChI is InChI=1S/C41H51N3O6/c1-7-8-22-47-38(46)43-41-18-15-40(16-19-41,17-20-41)39(6)49-34-28(4)31-14-21-44(37(45)33(31)29(5)35(34)50-39)24-32-26(2)23-27(3)42-36(32)48-25-30-12-10-9-11-13-30/h9-13,23H,7-8,14-22,24-25H2,1-6H3,(H,43,46). The molecule has 5 aliphatic rings. The average Bonchev–Trinajstić information content (AvgIpc) is 3.49. The highest BCUT2D eigenvalue weighted by Crippen LogP contribution is 2.62. The molecule has 8 rings (SSSR count). The first-order valence-electron chi connectivity index (χ1n) is 18.4. The van der Waals surface area contributed by atoms with Crippen LogP contribution in [0.15, 0.2) is 36.4 Å². The lowest BCUT2D eigenvalue weighted by molar-refractivity contribution is -0.203. The molecule has 3 aromatic rings. The largest absolute Gasteiger partial charge is 0.473 e. The van der Waals surface area contributed by atoms with Gasteiger partial charge in [0.2, 0.25) is 5.88 Å². The van der Waals surface area contributed by atoms with E-state index in [1.807, 2.05) is 49.1 Å². The molecule has 266 valence electrons. The summed E-state index contributed by atoms with van der Waals surface area (Å²) in [6, 6.07) is 12.1. The normalized spacial score (nSPS) is 25.0. The third-order valence-corrected chi connectivity index (χ3v) is 12.1. The van der Waals surface area contributed by atoms with Gasteiger partial charge in [0.1, 0.15) is 6.61 Å². The molecular weight excluding hydrogens is 630 g/mol. The van der Waals surface area contributed by atoms with Gasteiger partial charge in [0.25, 0.3) is 11.7 Å². The van der Waals surface area contributed by atoms with E-state index in [-0.39, 0.29) is 23.0 Å². The monoisotopic (exact) mass is 681 g/mol. The smallest absolute Gasteiger partial charge is 0.407 e. The van der Waals surface area contributed by atoms with Gasteiger partial charge in [-0.3, -0.25) is 4.79 Å². The lowest BCUT2D eigenvalue weighted by Crippen LogP contribution is -2.64. The molecule has 3 fully saturated rings. The van der Waals surface area contributed by atoms with Gasteiger partial charge >= 0.3 is 6.09 Å². The summed E-state index contributed by atoms with van der Waals surface area (Å²) in [4.78, 5) is 33.6. The van der Waals surface area contributed by atoms with Crippen LogP contribution < -0.4 is 19.5 Å². The Bertz CT molecular complexity index is 1780. The summed E-state index contributed by atoms with van der Waals surface area (Å²) < 4.78 is 25.5. The van der Waals surface area contributed by atoms with Gasteiger partial charge in [0.05, 0.1) is 13.2 Å². The van der Waals surface area contributed by atoms with E-state index in [1.54, 1.807) is 0 Å². The summed E-state index contributed by atoms with van der Waals surface area (Å²) in [7, 11) is 0. The number of carbonyl (C=O) groups excluding carboxylic acids is 2. The number of hydrogen-bond donors (Lipinski definition) is 1. The van der Waals surface area contributed by atoms with Crippen LogP contribution in [0.3, 0.4) is 0 Å². The van der Waals surface area contributed by atoms with E-state index in [0.717, 1.165) is 108 Å². The first-order valence-corrected chi connectivity index (χ1v) is 18.4. The molecular formula is C41H51N3O6. The Balaban J connectivity index is 1.09. The van der Waals surface area contributed by atoms with Crippen LogP contribution >= 0.6 is 0 Å². The van der Waals surface area contributed by atoms with E-state index in [2.05, 4.69) is 39.1 Å². The number of rotatable bonds is 10. The fourth-order valence-electron chi connectivity index (χ4n) is 8.81. The molecule has 50 heavy (non-hydrogen) atoms. The number of unbranched alkanes of at least 4 members (excludes halogenated alkanes) is 1. The van der Waals surface area contributed by atoms with Crippen molar-refractivity contribution in [2.75, 3.05) is 13.2 Å². The minimum Gasteiger partial charge on any atom is -0.473 e. The van der Waals surface area contributed by atoms with E-state index >= 15 is 0 Å². The first-order chi connectivity index (χ1) is 24.0. The maximum absolute atomic E-state index is 14.4. The molecule has 1 atom stereocenters. The molecule has 0 spiro atoms. The fourth-order valence-corrected chi connectivity index (χ4v) is 8.81. The van der Waals surface area contributed by atoms with Gasteiger partial charge < -0.3 is 29.2 Å². The third kappa shape index (κ3) is 5.96. The molecule has 3 saturated carbocycles. The van der Waals surface area contributed by atoms with Crippen LogP contribution in [-0.4, -0.2) is 46.4 Å². The van der Waals surface area contributed by atoms with Gasteiger partial charge in [-0.05, 0) is 107 Å².